The molecule has 0 bridgehead atoms. The molecule has 0 saturated heterocycles. The molecular weight excluding hydrogens is 743 g/mol. The number of hydrogen-bond acceptors (Lipinski definition) is 7. The molecule has 0 fully saturated rings. The van der Waals surface area contributed by atoms with Crippen molar-refractivity contribution in [2.75, 3.05) is 20.1 Å². The van der Waals surface area contributed by atoms with E-state index in [1.807, 2.05) is 91.0 Å². The van der Waals surface area contributed by atoms with Gasteiger partial charge in [-0.05, 0) is 65.4 Å². The number of benzene rings is 5. The minimum atomic E-state index is -1.07. The van der Waals surface area contributed by atoms with Gasteiger partial charge in [0.05, 0.1) is 12.6 Å². The highest BCUT2D eigenvalue weighted by molar-refractivity contribution is 5.95. The number of aryl methyl sites for hydroxylation is 1. The van der Waals surface area contributed by atoms with E-state index in [2.05, 4.69) is 57.8 Å². The molecule has 3 atom stereocenters. The summed E-state index contributed by atoms with van der Waals surface area (Å²) in [7, 11) is 1.63. The van der Waals surface area contributed by atoms with Gasteiger partial charge in [-0.2, -0.15) is 0 Å². The van der Waals surface area contributed by atoms with Crippen LogP contribution in [0.1, 0.15) is 46.0 Å². The Morgan fingerprint density at radius 2 is 1.05 bits per heavy atom. The van der Waals surface area contributed by atoms with Crippen LogP contribution >= 0.6 is 0 Å². The lowest BCUT2D eigenvalue weighted by Gasteiger charge is -2.25. The van der Waals surface area contributed by atoms with Gasteiger partial charge in [0.1, 0.15) is 24.7 Å². The molecule has 59 heavy (non-hydrogen) atoms. The molecule has 0 unspecified atom stereocenters. The van der Waals surface area contributed by atoms with Gasteiger partial charge in [0.2, 0.25) is 17.7 Å². The van der Waals surface area contributed by atoms with Crippen molar-refractivity contribution in [3.05, 3.63) is 167 Å². The number of aldehydes is 2. The second-order valence-electron chi connectivity index (χ2n) is 13.9. The fraction of sp³-hybridized carbons (Fsp3) is 0.250. The van der Waals surface area contributed by atoms with Crippen molar-refractivity contribution < 1.29 is 28.8 Å². The summed E-state index contributed by atoms with van der Waals surface area (Å²) < 4.78 is 0. The van der Waals surface area contributed by atoms with Crippen LogP contribution in [0.4, 0.5) is 0 Å². The molecule has 0 heterocycles. The zero-order chi connectivity index (χ0) is 42.2. The topological polar surface area (TPSA) is 163 Å². The largest absolute Gasteiger partial charge is 0.352 e. The molecule has 5 rings (SSSR count). The van der Waals surface area contributed by atoms with Crippen molar-refractivity contribution in [1.82, 2.24) is 26.6 Å². The van der Waals surface area contributed by atoms with E-state index in [0.29, 0.717) is 17.4 Å². The van der Waals surface area contributed by atoms with Crippen molar-refractivity contribution >= 4 is 36.2 Å². The molecule has 0 spiro atoms. The van der Waals surface area contributed by atoms with Gasteiger partial charge in [0, 0.05) is 31.4 Å². The van der Waals surface area contributed by atoms with Crippen LogP contribution in [0.2, 0.25) is 0 Å². The van der Waals surface area contributed by atoms with Crippen molar-refractivity contribution in [2.45, 2.75) is 57.2 Å². The lowest BCUT2D eigenvalue weighted by molar-refractivity contribution is -0.132. The van der Waals surface area contributed by atoms with E-state index >= 15 is 0 Å². The third-order valence-corrected chi connectivity index (χ3v) is 9.37. The Hall–Kier alpha value is -6.72. The molecule has 0 aliphatic carbocycles. The first-order valence-corrected chi connectivity index (χ1v) is 19.8. The number of amides is 4. The smallest absolute Gasteiger partial charge is 0.251 e. The quantitative estimate of drug-likeness (QED) is 0.0558. The predicted molar refractivity (Wildman–Crippen MR) is 230 cm³/mol. The molecule has 5 aromatic carbocycles. The summed E-state index contributed by atoms with van der Waals surface area (Å²) >= 11 is 0. The normalized spacial score (nSPS) is 12.0. The van der Waals surface area contributed by atoms with Crippen molar-refractivity contribution in [3.8, 4) is 11.1 Å². The third kappa shape index (κ3) is 15.6. The molecule has 0 aliphatic heterocycles. The van der Waals surface area contributed by atoms with E-state index in [1.54, 1.807) is 31.3 Å². The summed E-state index contributed by atoms with van der Waals surface area (Å²) in [6.07, 6.45) is 3.17. The molecule has 4 amide bonds. The molecule has 0 aromatic heterocycles. The maximum Gasteiger partial charge on any atom is 0.251 e. The maximum absolute atomic E-state index is 13.9. The Labute approximate surface area is 346 Å². The first kappa shape index (κ1) is 45.0. The van der Waals surface area contributed by atoms with Crippen molar-refractivity contribution in [2.24, 2.45) is 0 Å². The van der Waals surface area contributed by atoms with Crippen molar-refractivity contribution in [1.29, 1.82) is 0 Å². The third-order valence-electron chi connectivity index (χ3n) is 9.37. The van der Waals surface area contributed by atoms with Gasteiger partial charge in [-0.15, -0.1) is 0 Å². The maximum atomic E-state index is 13.9. The predicted octanol–water partition coefficient (Wildman–Crippen LogP) is 4.82. The van der Waals surface area contributed by atoms with Gasteiger partial charge in [0.25, 0.3) is 5.91 Å². The highest BCUT2D eigenvalue weighted by Crippen LogP contribution is 2.20. The molecular formula is C48H53N5O6. The van der Waals surface area contributed by atoms with Gasteiger partial charge in [-0.1, -0.05) is 134 Å². The fourth-order valence-electron chi connectivity index (χ4n) is 6.17. The Morgan fingerprint density at radius 3 is 1.59 bits per heavy atom. The minimum Gasteiger partial charge on any atom is -0.352 e. The molecule has 5 N–H and O–H groups in total. The highest BCUT2D eigenvalue weighted by atomic mass is 16.2. The Balaban J connectivity index is 0.000000856. The van der Waals surface area contributed by atoms with Crippen LogP contribution in [-0.2, 0) is 49.7 Å². The molecule has 0 radical (unpaired) electrons. The summed E-state index contributed by atoms with van der Waals surface area (Å²) in [5.74, 6) is -1.82. The average molecular weight is 796 g/mol. The average Bonchev–Trinajstić information content (AvgIpc) is 3.27. The number of likely N-dealkylation sites (N-methyl/N-ethyl adjacent to an activating group) is 1. The molecule has 11 nitrogen and oxygen atoms in total. The van der Waals surface area contributed by atoms with Crippen LogP contribution in [0.15, 0.2) is 140 Å². The summed E-state index contributed by atoms with van der Waals surface area (Å²) in [4.78, 5) is 75.2. The monoisotopic (exact) mass is 795 g/mol. The van der Waals surface area contributed by atoms with Crippen LogP contribution in [0.25, 0.3) is 11.1 Å². The Bertz CT molecular complexity index is 2060. The van der Waals surface area contributed by atoms with Gasteiger partial charge >= 0.3 is 0 Å². The first-order valence-electron chi connectivity index (χ1n) is 19.8. The van der Waals surface area contributed by atoms with Crippen LogP contribution in [-0.4, -0.2) is 74.5 Å². The summed E-state index contributed by atoms with van der Waals surface area (Å²) in [5.41, 5.74) is 6.17. The SMILES string of the molecule is CCc1ccccc1.CNCC(=O)N[C@H](Cc1ccc(-c2ccccc2)cc1)C(=O)N[C@H](Cc1ccccc1)C(=O)N[C@H](C=O)Cc1ccc(C(=O)NCCC=O)cc1. The van der Waals surface area contributed by atoms with E-state index in [-0.39, 0.29) is 50.6 Å². The van der Waals surface area contributed by atoms with Crippen LogP contribution < -0.4 is 26.6 Å². The lowest BCUT2D eigenvalue weighted by Crippen LogP contribution is -2.57. The number of carbonyl (C=O) groups is 6. The first-order chi connectivity index (χ1) is 28.7. The number of carbonyl (C=O) groups excluding carboxylic acids is 6. The zero-order valence-electron chi connectivity index (χ0n) is 33.6. The van der Waals surface area contributed by atoms with Gasteiger partial charge < -0.3 is 36.2 Å². The molecule has 5 aromatic rings. The minimum absolute atomic E-state index is 0.00249. The van der Waals surface area contributed by atoms with Crippen molar-refractivity contribution in [3.63, 3.8) is 0 Å². The number of hydrogen-bond donors (Lipinski definition) is 5. The van der Waals surface area contributed by atoms with Gasteiger partial charge in [0.15, 0.2) is 0 Å². The van der Waals surface area contributed by atoms with E-state index in [9.17, 15) is 28.8 Å². The van der Waals surface area contributed by atoms with Crippen LogP contribution in [0, 0.1) is 0 Å². The summed E-state index contributed by atoms with van der Waals surface area (Å²) in [6.45, 7) is 2.39. The van der Waals surface area contributed by atoms with E-state index < -0.39 is 29.9 Å². The summed E-state index contributed by atoms with van der Waals surface area (Å²) in [5, 5.41) is 13.8. The Morgan fingerprint density at radius 1 is 0.559 bits per heavy atom. The molecule has 0 saturated carbocycles. The molecule has 0 aliphatic rings. The molecule has 306 valence electrons. The van der Waals surface area contributed by atoms with Gasteiger partial charge in [-0.25, -0.2) is 0 Å². The highest BCUT2D eigenvalue weighted by Gasteiger charge is 2.28. The summed E-state index contributed by atoms with van der Waals surface area (Å²) in [6, 6.07) is 40.8. The fourth-order valence-corrected chi connectivity index (χ4v) is 6.17. The molecule has 11 heteroatoms. The second kappa shape index (κ2) is 24.8. The van der Waals surface area contributed by atoms with E-state index in [1.165, 1.54) is 5.56 Å². The standard InChI is InChI=1S/C40H43N5O6.C8H10/c1-41-26-37(48)44-35(25-30-13-17-32(18-14-30)31-11-6-3-7-12-31)40(51)45-36(24-28-9-4-2-5-10-28)39(50)43-34(27-47)23-29-15-19-33(20-16-29)38(49)42-21-8-22-46;1-2-8-6-4-3-5-7-8/h2-7,9-20,22,27,34-36,41H,8,21,23-26H2,1H3,(H,42,49)(H,43,50)(H,44,48)(H,45,51);3-7H,2H2,1H3/t34-,35+,36+;/m0./s1. The van der Waals surface area contributed by atoms with Gasteiger partial charge in [-0.3, -0.25) is 19.2 Å². The van der Waals surface area contributed by atoms with E-state index in [4.69, 9.17) is 0 Å². The second-order valence-corrected chi connectivity index (χ2v) is 13.9. The lowest BCUT2D eigenvalue weighted by atomic mass is 9.99. The van der Waals surface area contributed by atoms with Crippen LogP contribution in [0.3, 0.4) is 0 Å². The van der Waals surface area contributed by atoms with E-state index in [0.717, 1.165) is 35.0 Å². The number of nitrogens with one attached hydrogen (secondary N) is 5. The number of rotatable bonds is 20. The van der Waals surface area contributed by atoms with Crippen LogP contribution in [0.5, 0.6) is 0 Å². The zero-order valence-corrected chi connectivity index (χ0v) is 33.6. The Kier molecular flexibility index (Phi) is 18.9.